The van der Waals surface area contributed by atoms with Crippen molar-refractivity contribution in [2.45, 2.75) is 0 Å². The van der Waals surface area contributed by atoms with E-state index in [2.05, 4.69) is 10.6 Å². The minimum Gasteiger partial charge on any atom is -0.353 e. The van der Waals surface area contributed by atoms with Gasteiger partial charge < -0.3 is 10.6 Å². The predicted molar refractivity (Wildman–Crippen MR) is 118 cm³/mol. The third kappa shape index (κ3) is 3.66. The van der Waals surface area contributed by atoms with Crippen molar-refractivity contribution in [1.82, 2.24) is 0 Å². The Bertz CT molecular complexity index is 1240. The molecule has 8 heteroatoms. The highest BCUT2D eigenvalue weighted by Gasteiger charge is 2.21. The molecular weight excluding hydrogens is 410 g/mol. The maximum atomic E-state index is 12.7. The molecule has 0 spiro atoms. The molecule has 0 saturated heterocycles. The fourth-order valence-electron chi connectivity index (χ4n) is 3.25. The van der Waals surface area contributed by atoms with Crippen LogP contribution in [-0.2, 0) is 10.0 Å². The molecule has 148 valence electrons. The Hall–Kier alpha value is -3.03. The van der Waals surface area contributed by atoms with Gasteiger partial charge in [-0.1, -0.05) is 35.9 Å². The van der Waals surface area contributed by atoms with Crippen molar-refractivity contribution in [2.24, 2.45) is 0 Å². The highest BCUT2D eigenvalue weighted by Crippen LogP contribution is 2.38. The Kier molecular flexibility index (Phi) is 4.72. The smallest absolute Gasteiger partial charge is 0.257 e. The van der Waals surface area contributed by atoms with Crippen LogP contribution in [0.1, 0.15) is 10.4 Å². The summed E-state index contributed by atoms with van der Waals surface area (Å²) in [7, 11) is -1.90. The second-order valence-electron chi connectivity index (χ2n) is 6.78. The van der Waals surface area contributed by atoms with Crippen LogP contribution in [0, 0.1) is 0 Å². The van der Waals surface area contributed by atoms with E-state index in [1.165, 1.54) is 11.4 Å². The van der Waals surface area contributed by atoms with E-state index < -0.39 is 10.0 Å². The largest absolute Gasteiger partial charge is 0.353 e. The lowest BCUT2D eigenvalue weighted by Gasteiger charge is -2.21. The zero-order valence-corrected chi connectivity index (χ0v) is 17.3. The topological polar surface area (TPSA) is 78.5 Å². The normalized spacial score (nSPS) is 12.9. The molecule has 6 nitrogen and oxygen atoms in total. The van der Waals surface area contributed by atoms with Crippen molar-refractivity contribution in [2.75, 3.05) is 28.2 Å². The number of benzene rings is 3. The van der Waals surface area contributed by atoms with Gasteiger partial charge in [0, 0.05) is 17.6 Å². The third-order valence-electron chi connectivity index (χ3n) is 4.82. The highest BCUT2D eigenvalue weighted by molar-refractivity contribution is 7.92. The maximum Gasteiger partial charge on any atom is 0.257 e. The molecule has 29 heavy (non-hydrogen) atoms. The Balaban J connectivity index is 1.83. The number of para-hydroxylation sites is 1. The molecule has 1 amide bonds. The zero-order chi connectivity index (χ0) is 20.8. The number of fused-ring (bicyclic) bond motifs is 2. The number of rotatable bonds is 3. The Labute approximate surface area is 174 Å². The lowest BCUT2D eigenvalue weighted by molar-refractivity contribution is 0.102. The van der Waals surface area contributed by atoms with Crippen molar-refractivity contribution in [3.63, 3.8) is 0 Å². The molecule has 0 unspecified atom stereocenters. The van der Waals surface area contributed by atoms with Gasteiger partial charge in [-0.2, -0.15) is 0 Å². The van der Waals surface area contributed by atoms with Gasteiger partial charge in [0.2, 0.25) is 10.0 Å². The Morgan fingerprint density at radius 1 is 0.862 bits per heavy atom. The molecule has 1 heterocycles. The van der Waals surface area contributed by atoms with Gasteiger partial charge in [0.1, 0.15) is 0 Å². The van der Waals surface area contributed by atoms with Crippen LogP contribution in [0.25, 0.3) is 11.1 Å². The van der Waals surface area contributed by atoms with Crippen LogP contribution < -0.4 is 14.9 Å². The molecule has 0 radical (unpaired) electrons. The van der Waals surface area contributed by atoms with Crippen molar-refractivity contribution < 1.29 is 13.2 Å². The van der Waals surface area contributed by atoms with Crippen LogP contribution in [0.3, 0.4) is 0 Å². The van der Waals surface area contributed by atoms with Gasteiger partial charge >= 0.3 is 0 Å². The first-order valence-corrected chi connectivity index (χ1v) is 11.0. The monoisotopic (exact) mass is 427 g/mol. The molecule has 0 bridgehead atoms. The van der Waals surface area contributed by atoms with E-state index in [0.717, 1.165) is 23.1 Å². The number of nitrogens with zero attached hydrogens (tertiary/aromatic N) is 1. The lowest BCUT2D eigenvalue weighted by atomic mass is 10.0. The minimum absolute atomic E-state index is 0.249. The summed E-state index contributed by atoms with van der Waals surface area (Å²) in [5, 5.41) is 6.65. The quantitative estimate of drug-likeness (QED) is 0.634. The molecule has 3 aromatic rings. The first kappa shape index (κ1) is 19.3. The van der Waals surface area contributed by atoms with Crippen molar-refractivity contribution in [1.29, 1.82) is 0 Å². The second kappa shape index (κ2) is 7.09. The number of anilines is 4. The first-order chi connectivity index (χ1) is 13.7. The molecule has 0 atom stereocenters. The van der Waals surface area contributed by atoms with Gasteiger partial charge in [-0.3, -0.25) is 9.10 Å². The highest BCUT2D eigenvalue weighted by atomic mass is 35.5. The molecule has 0 saturated carbocycles. The Morgan fingerprint density at radius 3 is 2.38 bits per heavy atom. The number of halogens is 1. The van der Waals surface area contributed by atoms with Crippen LogP contribution in [0.4, 0.5) is 22.7 Å². The van der Waals surface area contributed by atoms with Gasteiger partial charge in [-0.25, -0.2) is 8.42 Å². The van der Waals surface area contributed by atoms with E-state index >= 15 is 0 Å². The fourth-order valence-corrected chi connectivity index (χ4v) is 3.94. The third-order valence-corrected chi connectivity index (χ3v) is 6.24. The molecule has 4 rings (SSSR count). The van der Waals surface area contributed by atoms with E-state index in [4.69, 9.17) is 11.6 Å². The van der Waals surface area contributed by atoms with Gasteiger partial charge in [0.15, 0.2) is 0 Å². The van der Waals surface area contributed by atoms with Crippen LogP contribution in [0.2, 0.25) is 5.02 Å². The van der Waals surface area contributed by atoms with Crippen LogP contribution in [0.15, 0.2) is 60.7 Å². The molecule has 1 aliphatic heterocycles. The summed E-state index contributed by atoms with van der Waals surface area (Å²) in [4.78, 5) is 12.7. The van der Waals surface area contributed by atoms with E-state index in [-0.39, 0.29) is 5.91 Å². The van der Waals surface area contributed by atoms with Crippen molar-refractivity contribution in [3.05, 3.63) is 71.2 Å². The number of nitrogens with one attached hydrogen (secondary N) is 2. The first-order valence-electron chi connectivity index (χ1n) is 8.79. The summed E-state index contributed by atoms with van der Waals surface area (Å²) < 4.78 is 25.3. The molecule has 0 aromatic heterocycles. The summed E-state index contributed by atoms with van der Waals surface area (Å²) in [6.45, 7) is 0. The number of carbonyl (C=O) groups excluding carboxylic acids is 1. The molecule has 3 aromatic carbocycles. The van der Waals surface area contributed by atoms with Crippen molar-refractivity contribution >= 4 is 50.3 Å². The standard InChI is InChI=1S/C21H18ClN3O3S/c1-25(29(2,27)28)20-6-4-3-5-15(20)13-7-9-16-18(11-13)23-17-10-8-14(22)12-19(17)24-21(16)26/h3-12,23H,1-2H3,(H,24,26). The van der Waals surface area contributed by atoms with Gasteiger partial charge in [0.05, 0.1) is 34.6 Å². The SMILES string of the molecule is CN(c1ccccc1-c1ccc2c(c1)Nc1ccc(Cl)cc1NC2=O)S(C)(=O)=O. The number of sulfonamides is 1. The maximum absolute atomic E-state index is 12.7. The summed E-state index contributed by atoms with van der Waals surface area (Å²) in [5.41, 5.74) is 4.50. The van der Waals surface area contributed by atoms with E-state index in [0.29, 0.717) is 27.6 Å². The number of carbonyl (C=O) groups is 1. The van der Waals surface area contributed by atoms with Crippen molar-refractivity contribution in [3.8, 4) is 11.1 Å². The molecular formula is C21H18ClN3O3S. The van der Waals surface area contributed by atoms with Crippen LogP contribution in [0.5, 0.6) is 0 Å². The fraction of sp³-hybridized carbons (Fsp3) is 0.0952. The average Bonchev–Trinajstić information content (AvgIpc) is 2.81. The number of amides is 1. The minimum atomic E-state index is -3.42. The average molecular weight is 428 g/mol. The summed E-state index contributed by atoms with van der Waals surface area (Å²) in [6.07, 6.45) is 1.16. The zero-order valence-electron chi connectivity index (χ0n) is 15.7. The van der Waals surface area contributed by atoms with E-state index in [1.807, 2.05) is 18.2 Å². The predicted octanol–water partition coefficient (Wildman–Crippen LogP) is 4.71. The summed E-state index contributed by atoms with van der Waals surface area (Å²) >= 11 is 6.05. The molecule has 0 fully saturated rings. The molecule has 0 aliphatic carbocycles. The van der Waals surface area contributed by atoms with E-state index in [1.54, 1.807) is 42.5 Å². The second-order valence-corrected chi connectivity index (χ2v) is 9.23. The molecule has 2 N–H and O–H groups in total. The number of hydrogen-bond donors (Lipinski definition) is 2. The summed E-state index contributed by atoms with van der Waals surface area (Å²) in [6, 6.07) is 17.8. The Morgan fingerprint density at radius 2 is 1.62 bits per heavy atom. The van der Waals surface area contributed by atoms with Gasteiger partial charge in [-0.15, -0.1) is 0 Å². The number of hydrogen-bond acceptors (Lipinski definition) is 4. The van der Waals surface area contributed by atoms with Crippen LogP contribution in [-0.4, -0.2) is 27.6 Å². The van der Waals surface area contributed by atoms with Gasteiger partial charge in [0.25, 0.3) is 5.91 Å². The van der Waals surface area contributed by atoms with E-state index in [9.17, 15) is 13.2 Å². The van der Waals surface area contributed by atoms with Crippen LogP contribution >= 0.6 is 11.6 Å². The molecule has 1 aliphatic rings. The lowest BCUT2D eigenvalue weighted by Crippen LogP contribution is -2.25. The van der Waals surface area contributed by atoms with Gasteiger partial charge in [-0.05, 0) is 42.0 Å². The summed E-state index contributed by atoms with van der Waals surface area (Å²) in [5.74, 6) is -0.249.